The second-order valence-electron chi connectivity index (χ2n) is 8.24. The number of rotatable bonds is 3. The molecule has 104 valence electrons. The van der Waals surface area contributed by atoms with Gasteiger partial charge in [0, 0.05) is 31.7 Å². The molecule has 1 saturated heterocycles. The van der Waals surface area contributed by atoms with Crippen LogP contribution in [0.5, 0.6) is 0 Å². The molecule has 3 fully saturated rings. The van der Waals surface area contributed by atoms with Crippen molar-refractivity contribution in [3.63, 3.8) is 0 Å². The third-order valence-corrected chi connectivity index (χ3v) is 5.60. The van der Waals surface area contributed by atoms with Crippen LogP contribution >= 0.6 is 0 Å². The summed E-state index contributed by atoms with van der Waals surface area (Å²) in [6, 6.07) is 1.38. The van der Waals surface area contributed by atoms with Crippen LogP contribution < -0.4 is 5.32 Å². The fraction of sp³-hybridized carbons (Fsp3) is 1.00. The smallest absolute Gasteiger partial charge is 0.0244 e. The molecule has 3 aliphatic rings. The van der Waals surface area contributed by atoms with Gasteiger partial charge in [-0.15, -0.1) is 0 Å². The number of piperazine rings is 1. The van der Waals surface area contributed by atoms with Gasteiger partial charge in [0.05, 0.1) is 0 Å². The van der Waals surface area contributed by atoms with Crippen LogP contribution in [0.3, 0.4) is 0 Å². The summed E-state index contributed by atoms with van der Waals surface area (Å²) in [6.07, 6.45) is 6.05. The van der Waals surface area contributed by atoms with Crippen LogP contribution in [0.1, 0.15) is 53.4 Å². The molecule has 1 heterocycles. The van der Waals surface area contributed by atoms with Crippen LogP contribution in [0, 0.1) is 16.7 Å². The molecule has 18 heavy (non-hydrogen) atoms. The summed E-state index contributed by atoms with van der Waals surface area (Å²) in [6.45, 7) is 13.3. The summed E-state index contributed by atoms with van der Waals surface area (Å²) in [4.78, 5) is 2.79. The molecule has 2 nitrogen and oxygen atoms in total. The Kier molecular flexibility index (Phi) is 3.02. The van der Waals surface area contributed by atoms with Gasteiger partial charge < -0.3 is 5.32 Å². The van der Waals surface area contributed by atoms with Crippen molar-refractivity contribution in [2.75, 3.05) is 19.6 Å². The number of nitrogens with zero attached hydrogens (tertiary/aromatic N) is 1. The number of hydrogen-bond donors (Lipinski definition) is 1. The maximum absolute atomic E-state index is 3.75. The topological polar surface area (TPSA) is 15.3 Å². The molecule has 2 aliphatic carbocycles. The summed E-state index contributed by atoms with van der Waals surface area (Å²) in [5, 5.41) is 3.75. The van der Waals surface area contributed by atoms with Crippen molar-refractivity contribution in [3.05, 3.63) is 0 Å². The van der Waals surface area contributed by atoms with Crippen LogP contribution in [0.4, 0.5) is 0 Å². The molecule has 0 amide bonds. The first-order chi connectivity index (χ1) is 8.41. The van der Waals surface area contributed by atoms with E-state index in [9.17, 15) is 0 Å². The first-order valence-electron chi connectivity index (χ1n) is 7.88. The number of nitrogens with one attached hydrogen (secondary N) is 1. The Hall–Kier alpha value is -0.0800. The van der Waals surface area contributed by atoms with E-state index < -0.39 is 0 Å². The zero-order valence-corrected chi connectivity index (χ0v) is 12.6. The van der Waals surface area contributed by atoms with Gasteiger partial charge in [0.15, 0.2) is 0 Å². The zero-order chi connectivity index (χ0) is 13.0. The molecule has 0 radical (unpaired) electrons. The Morgan fingerprint density at radius 1 is 1.22 bits per heavy atom. The monoisotopic (exact) mass is 250 g/mol. The molecule has 0 spiro atoms. The molecule has 0 aromatic heterocycles. The van der Waals surface area contributed by atoms with Crippen LogP contribution in [0.2, 0.25) is 0 Å². The third-order valence-electron chi connectivity index (χ3n) is 5.60. The van der Waals surface area contributed by atoms with E-state index in [1.165, 1.54) is 45.3 Å². The van der Waals surface area contributed by atoms with Crippen molar-refractivity contribution in [2.24, 2.45) is 16.7 Å². The SMILES string of the molecule is CC1CNC(C(C)(C)C)CN1CC1(C2CC2)CC1. The highest BCUT2D eigenvalue weighted by atomic mass is 15.2. The van der Waals surface area contributed by atoms with E-state index in [0.717, 1.165) is 17.4 Å². The first kappa shape index (κ1) is 12.9. The average Bonchev–Trinajstić information content (AvgIpc) is 3.12. The van der Waals surface area contributed by atoms with E-state index in [-0.39, 0.29) is 0 Å². The predicted molar refractivity (Wildman–Crippen MR) is 76.7 cm³/mol. The Morgan fingerprint density at radius 3 is 2.39 bits per heavy atom. The highest BCUT2D eigenvalue weighted by Gasteiger charge is 2.54. The van der Waals surface area contributed by atoms with Crippen LogP contribution in [-0.4, -0.2) is 36.6 Å². The quantitative estimate of drug-likeness (QED) is 0.828. The highest BCUT2D eigenvalue weighted by Crippen LogP contribution is 2.61. The van der Waals surface area contributed by atoms with Gasteiger partial charge in [0.2, 0.25) is 0 Å². The lowest BCUT2D eigenvalue weighted by atomic mass is 9.84. The standard InChI is InChI=1S/C16H30N2/c1-12-9-17-14(15(2,3)4)10-18(12)11-16(7-8-16)13-5-6-13/h12-14,17H,5-11H2,1-4H3. The van der Waals surface area contributed by atoms with Gasteiger partial charge >= 0.3 is 0 Å². The van der Waals surface area contributed by atoms with Gasteiger partial charge in [0.25, 0.3) is 0 Å². The van der Waals surface area contributed by atoms with E-state index in [4.69, 9.17) is 0 Å². The largest absolute Gasteiger partial charge is 0.311 e. The predicted octanol–water partition coefficient (Wildman–Crippen LogP) is 2.89. The fourth-order valence-electron chi connectivity index (χ4n) is 3.68. The van der Waals surface area contributed by atoms with E-state index in [1.54, 1.807) is 0 Å². The van der Waals surface area contributed by atoms with Gasteiger partial charge in [-0.05, 0) is 49.4 Å². The van der Waals surface area contributed by atoms with E-state index in [0.29, 0.717) is 11.5 Å². The summed E-state index contributed by atoms with van der Waals surface area (Å²) in [5.74, 6) is 1.09. The average molecular weight is 250 g/mol. The Labute approximate surface area is 113 Å². The molecular formula is C16H30N2. The lowest BCUT2D eigenvalue weighted by Crippen LogP contribution is -2.60. The van der Waals surface area contributed by atoms with Gasteiger partial charge in [0.1, 0.15) is 0 Å². The minimum Gasteiger partial charge on any atom is -0.311 e. The fourth-order valence-corrected chi connectivity index (χ4v) is 3.68. The van der Waals surface area contributed by atoms with Crippen molar-refractivity contribution in [1.29, 1.82) is 0 Å². The lowest BCUT2D eigenvalue weighted by Gasteiger charge is -2.45. The van der Waals surface area contributed by atoms with Gasteiger partial charge in [-0.3, -0.25) is 4.90 Å². The summed E-state index contributed by atoms with van der Waals surface area (Å²) in [5.41, 5.74) is 1.14. The summed E-state index contributed by atoms with van der Waals surface area (Å²) in [7, 11) is 0. The lowest BCUT2D eigenvalue weighted by molar-refractivity contribution is 0.0712. The summed E-state index contributed by atoms with van der Waals surface area (Å²) < 4.78 is 0. The third kappa shape index (κ3) is 2.46. The molecule has 3 rings (SSSR count). The van der Waals surface area contributed by atoms with E-state index in [2.05, 4.69) is 37.9 Å². The molecule has 2 unspecified atom stereocenters. The van der Waals surface area contributed by atoms with Gasteiger partial charge in [-0.25, -0.2) is 0 Å². The number of hydrogen-bond acceptors (Lipinski definition) is 2. The van der Waals surface area contributed by atoms with Crippen molar-refractivity contribution in [2.45, 2.75) is 65.5 Å². The molecule has 2 atom stereocenters. The molecular weight excluding hydrogens is 220 g/mol. The zero-order valence-electron chi connectivity index (χ0n) is 12.6. The van der Waals surface area contributed by atoms with Gasteiger partial charge in [-0.2, -0.15) is 0 Å². The molecule has 2 heteroatoms. The molecule has 2 saturated carbocycles. The molecule has 0 aromatic rings. The van der Waals surface area contributed by atoms with Gasteiger partial charge in [-0.1, -0.05) is 20.8 Å². The van der Waals surface area contributed by atoms with E-state index in [1.807, 2.05) is 0 Å². The highest BCUT2D eigenvalue weighted by molar-refractivity contribution is 5.06. The molecule has 0 aromatic carbocycles. The van der Waals surface area contributed by atoms with Crippen LogP contribution in [0.25, 0.3) is 0 Å². The molecule has 0 bridgehead atoms. The van der Waals surface area contributed by atoms with Crippen molar-refractivity contribution >= 4 is 0 Å². The normalized spacial score (nSPS) is 36.7. The molecule has 1 aliphatic heterocycles. The van der Waals surface area contributed by atoms with Crippen molar-refractivity contribution in [1.82, 2.24) is 10.2 Å². The molecule has 1 N–H and O–H groups in total. The van der Waals surface area contributed by atoms with Crippen LogP contribution in [0.15, 0.2) is 0 Å². The first-order valence-corrected chi connectivity index (χ1v) is 7.88. The maximum atomic E-state index is 3.75. The van der Waals surface area contributed by atoms with Crippen molar-refractivity contribution in [3.8, 4) is 0 Å². The second kappa shape index (κ2) is 4.21. The minimum absolute atomic E-state index is 0.384. The Morgan fingerprint density at radius 2 is 1.89 bits per heavy atom. The minimum atomic E-state index is 0.384. The van der Waals surface area contributed by atoms with E-state index >= 15 is 0 Å². The summed E-state index contributed by atoms with van der Waals surface area (Å²) >= 11 is 0. The van der Waals surface area contributed by atoms with Crippen LogP contribution in [-0.2, 0) is 0 Å². The Balaban J connectivity index is 1.63. The second-order valence-corrected chi connectivity index (χ2v) is 8.24. The van der Waals surface area contributed by atoms with Crippen molar-refractivity contribution < 1.29 is 0 Å². The Bertz CT molecular complexity index is 310. The maximum Gasteiger partial charge on any atom is 0.0244 e.